The molecule has 0 saturated heterocycles. The van der Waals surface area contributed by atoms with Crippen molar-refractivity contribution in [2.24, 2.45) is 0 Å². The first-order valence-electron chi connectivity index (χ1n) is 24.9. The SMILES string of the molecule is C.CCOC(=O)COc1cccc(-c2ccccc2-c2oc(-c3ccccc3)c(-c3ccccc3)c2COC)c1.COCc1c(-c2ccccc2-c2cccc(OCC(=O)O)c2)oc(-c2ccccc2)c1-c1ccccc1. The molecule has 0 aliphatic heterocycles. The summed E-state index contributed by atoms with van der Waals surface area (Å²) in [6, 6.07) is 71.9. The minimum absolute atomic E-state index is 0. The lowest BCUT2D eigenvalue weighted by atomic mass is 9.93. The molecule has 0 aliphatic carbocycles. The van der Waals surface area contributed by atoms with Crippen LogP contribution in [0.4, 0.5) is 0 Å². The number of carboxylic acids is 1. The van der Waals surface area contributed by atoms with Crippen LogP contribution >= 0.6 is 0 Å². The molecule has 0 atom stereocenters. The fraction of sp³-hybridized carbons (Fsp3) is 0.134. The number of esters is 1. The zero-order valence-corrected chi connectivity index (χ0v) is 42.4. The third-order valence-corrected chi connectivity index (χ3v) is 12.4. The monoisotopic (exact) mass is 1020 g/mol. The van der Waals surface area contributed by atoms with Crippen LogP contribution in [0.15, 0.2) is 227 Å². The van der Waals surface area contributed by atoms with Crippen LogP contribution in [-0.2, 0) is 37.0 Å². The van der Waals surface area contributed by atoms with Gasteiger partial charge in [0.15, 0.2) is 13.2 Å². The van der Waals surface area contributed by atoms with Gasteiger partial charge in [0.05, 0.1) is 19.8 Å². The van der Waals surface area contributed by atoms with E-state index < -0.39 is 18.5 Å². The van der Waals surface area contributed by atoms with E-state index in [1.807, 2.05) is 164 Å². The fourth-order valence-electron chi connectivity index (χ4n) is 9.20. The quantitative estimate of drug-likeness (QED) is 0.0782. The maximum Gasteiger partial charge on any atom is 0.344 e. The highest BCUT2D eigenvalue weighted by Gasteiger charge is 2.27. The van der Waals surface area contributed by atoms with Gasteiger partial charge in [-0.1, -0.05) is 202 Å². The summed E-state index contributed by atoms with van der Waals surface area (Å²) in [5, 5.41) is 9.00. The van der Waals surface area contributed by atoms with Crippen LogP contribution in [0, 0.1) is 0 Å². The lowest BCUT2D eigenvalue weighted by Gasteiger charge is -2.12. The zero-order valence-electron chi connectivity index (χ0n) is 42.4. The van der Waals surface area contributed by atoms with E-state index in [-0.39, 0.29) is 14.0 Å². The van der Waals surface area contributed by atoms with Crippen LogP contribution in [0.2, 0.25) is 0 Å². The number of aliphatic carboxylic acids is 1. The van der Waals surface area contributed by atoms with Gasteiger partial charge in [-0.2, -0.15) is 0 Å². The zero-order chi connectivity index (χ0) is 52.6. The molecule has 0 amide bonds. The predicted octanol–water partition coefficient (Wildman–Crippen LogP) is 16.2. The highest BCUT2D eigenvalue weighted by atomic mass is 16.6. The van der Waals surface area contributed by atoms with Crippen LogP contribution in [0.5, 0.6) is 11.5 Å². The Morgan fingerprint density at radius 2 is 0.766 bits per heavy atom. The Kier molecular flexibility index (Phi) is 18.5. The molecule has 10 heteroatoms. The average Bonchev–Trinajstić information content (AvgIpc) is 4.13. The van der Waals surface area contributed by atoms with E-state index in [1.54, 1.807) is 27.2 Å². The van der Waals surface area contributed by atoms with Crippen molar-refractivity contribution in [3.8, 4) is 101 Å². The molecule has 0 bridgehead atoms. The van der Waals surface area contributed by atoms with E-state index in [0.717, 1.165) is 101 Å². The number of benzene rings is 8. The molecule has 2 heterocycles. The molecule has 0 radical (unpaired) electrons. The summed E-state index contributed by atoms with van der Waals surface area (Å²) < 4.78 is 41.0. The number of carboxylic acid groups (broad SMARTS) is 1. The summed E-state index contributed by atoms with van der Waals surface area (Å²) in [6.45, 7) is 2.30. The molecule has 0 aliphatic rings. The van der Waals surface area contributed by atoms with Crippen molar-refractivity contribution in [3.05, 3.63) is 230 Å². The van der Waals surface area contributed by atoms with Gasteiger partial charge in [0.25, 0.3) is 0 Å². The second-order valence-electron chi connectivity index (χ2n) is 17.5. The molecule has 2 aromatic heterocycles. The van der Waals surface area contributed by atoms with Crippen LogP contribution in [0.25, 0.3) is 89.8 Å². The van der Waals surface area contributed by atoms with Gasteiger partial charge in [0.1, 0.15) is 34.5 Å². The van der Waals surface area contributed by atoms with Gasteiger partial charge < -0.3 is 37.6 Å². The highest BCUT2D eigenvalue weighted by molar-refractivity contribution is 5.93. The fourth-order valence-corrected chi connectivity index (χ4v) is 9.20. The van der Waals surface area contributed by atoms with Crippen molar-refractivity contribution in [1.29, 1.82) is 0 Å². The summed E-state index contributed by atoms with van der Waals surface area (Å²) in [4.78, 5) is 22.8. The highest BCUT2D eigenvalue weighted by Crippen LogP contribution is 2.48. The van der Waals surface area contributed by atoms with Crippen molar-refractivity contribution >= 4 is 11.9 Å². The van der Waals surface area contributed by atoms with E-state index in [9.17, 15) is 9.59 Å². The Morgan fingerprint density at radius 1 is 0.416 bits per heavy atom. The van der Waals surface area contributed by atoms with Gasteiger partial charge in [-0.05, 0) is 64.6 Å². The van der Waals surface area contributed by atoms with Crippen LogP contribution in [0.3, 0.4) is 0 Å². The maximum absolute atomic E-state index is 11.8. The van der Waals surface area contributed by atoms with Gasteiger partial charge in [-0.15, -0.1) is 0 Å². The van der Waals surface area contributed by atoms with Gasteiger partial charge in [-0.25, -0.2) is 9.59 Å². The van der Waals surface area contributed by atoms with E-state index in [2.05, 4.69) is 48.5 Å². The van der Waals surface area contributed by atoms with Crippen LogP contribution in [-0.4, -0.2) is 51.1 Å². The summed E-state index contributed by atoms with van der Waals surface area (Å²) in [5.41, 5.74) is 13.6. The van der Waals surface area contributed by atoms with Crippen molar-refractivity contribution in [3.63, 3.8) is 0 Å². The molecule has 77 heavy (non-hydrogen) atoms. The number of hydrogen-bond donors (Lipinski definition) is 1. The molecule has 10 rings (SSSR count). The molecule has 388 valence electrons. The molecule has 10 nitrogen and oxygen atoms in total. The first kappa shape index (κ1) is 54.1. The van der Waals surface area contributed by atoms with Crippen molar-refractivity contribution in [2.75, 3.05) is 34.0 Å². The lowest BCUT2D eigenvalue weighted by molar-refractivity contribution is -0.145. The van der Waals surface area contributed by atoms with Gasteiger partial charge >= 0.3 is 11.9 Å². The molecular weight excluding hydrogens is 965 g/mol. The van der Waals surface area contributed by atoms with Crippen molar-refractivity contribution in [2.45, 2.75) is 27.6 Å². The van der Waals surface area contributed by atoms with Crippen LogP contribution in [0.1, 0.15) is 25.5 Å². The Morgan fingerprint density at radius 3 is 1.14 bits per heavy atom. The number of carbonyl (C=O) groups is 2. The van der Waals surface area contributed by atoms with E-state index in [1.165, 1.54) is 0 Å². The predicted molar refractivity (Wildman–Crippen MR) is 304 cm³/mol. The molecule has 0 saturated carbocycles. The summed E-state index contributed by atoms with van der Waals surface area (Å²) >= 11 is 0. The number of hydrogen-bond acceptors (Lipinski definition) is 9. The third kappa shape index (κ3) is 12.8. The number of ether oxygens (including phenoxy) is 5. The molecular formula is C67H60O10. The van der Waals surface area contributed by atoms with Gasteiger partial charge in [0, 0.05) is 58.7 Å². The minimum atomic E-state index is -1.02. The number of methoxy groups -OCH3 is 2. The summed E-state index contributed by atoms with van der Waals surface area (Å²) in [7, 11) is 3.38. The summed E-state index contributed by atoms with van der Waals surface area (Å²) in [5.74, 6) is 2.71. The topological polar surface area (TPSA) is 127 Å². The standard InChI is InChI=1S/C34H30O5.C32H26O5.CH4/c1-3-37-31(35)23-38-27-18-12-17-26(21-27)28-19-10-11-20-29(28)34-30(22-36-2)32(24-13-6-4-7-14-24)33(39-34)25-15-8-5-9-16-25;1-35-20-28-30(22-11-4-2-5-12-22)31(23-13-6-3-7-14-23)37-32(28)27-18-9-8-17-26(27)24-15-10-16-25(19-24)36-21-29(33)34;/h4-21H,3,22-23H2,1-2H3;2-19H,20-21H2,1H3,(H,33,34);1H4. The molecule has 0 fully saturated rings. The molecule has 8 aromatic carbocycles. The van der Waals surface area contributed by atoms with E-state index in [4.69, 9.17) is 37.6 Å². The van der Waals surface area contributed by atoms with Gasteiger partial charge in [0.2, 0.25) is 0 Å². The lowest BCUT2D eigenvalue weighted by Crippen LogP contribution is -2.14. The first-order chi connectivity index (χ1) is 37.3. The molecule has 0 spiro atoms. The Balaban J connectivity index is 0.000000201. The molecule has 10 aromatic rings. The van der Waals surface area contributed by atoms with Crippen molar-refractivity contribution in [1.82, 2.24) is 0 Å². The minimum Gasteiger partial charge on any atom is -0.482 e. The second kappa shape index (κ2) is 26.3. The Labute approximate surface area is 449 Å². The maximum atomic E-state index is 11.8. The van der Waals surface area contributed by atoms with Crippen LogP contribution < -0.4 is 9.47 Å². The van der Waals surface area contributed by atoms with Gasteiger partial charge in [-0.3, -0.25) is 0 Å². The molecule has 1 N–H and O–H groups in total. The molecule has 0 unspecified atom stereocenters. The second-order valence-corrected chi connectivity index (χ2v) is 17.5. The normalized spacial score (nSPS) is 10.7. The number of furan rings is 2. The number of rotatable bonds is 19. The van der Waals surface area contributed by atoms with E-state index in [0.29, 0.717) is 31.3 Å². The Bertz CT molecular complexity index is 3510. The third-order valence-electron chi connectivity index (χ3n) is 12.4. The average molecular weight is 1030 g/mol. The first-order valence-corrected chi connectivity index (χ1v) is 24.9. The smallest absolute Gasteiger partial charge is 0.344 e. The van der Waals surface area contributed by atoms with E-state index >= 15 is 0 Å². The number of carbonyl (C=O) groups excluding carboxylic acids is 1. The largest absolute Gasteiger partial charge is 0.482 e. The Hall–Kier alpha value is -9.22. The summed E-state index contributed by atoms with van der Waals surface area (Å²) in [6.07, 6.45) is 0. The van der Waals surface area contributed by atoms with Crippen molar-refractivity contribution < 1.29 is 47.2 Å².